The van der Waals surface area contributed by atoms with Crippen LogP contribution in [0.2, 0.25) is 0 Å². The Kier molecular flexibility index (Phi) is 9.69. The van der Waals surface area contributed by atoms with Crippen LogP contribution in [-0.2, 0) is 16.0 Å². The molecule has 1 aromatic carbocycles. The Morgan fingerprint density at radius 3 is 2.52 bits per heavy atom. The second-order valence-electron chi connectivity index (χ2n) is 6.31. The lowest BCUT2D eigenvalue weighted by atomic mass is 10.2. The van der Waals surface area contributed by atoms with Crippen molar-refractivity contribution in [2.75, 3.05) is 40.5 Å². The third kappa shape index (κ3) is 7.52. The number of carbonyl (C=O) groups excluding carboxylic acids is 2. The van der Waals surface area contributed by atoms with Crippen LogP contribution >= 0.6 is 11.3 Å². The molecule has 0 aliphatic heterocycles. The van der Waals surface area contributed by atoms with Gasteiger partial charge in [0, 0.05) is 51.5 Å². The summed E-state index contributed by atoms with van der Waals surface area (Å²) in [5, 5.41) is 5.12. The van der Waals surface area contributed by atoms with Crippen LogP contribution < -0.4 is 5.32 Å². The second kappa shape index (κ2) is 12.3. The van der Waals surface area contributed by atoms with E-state index >= 15 is 0 Å². The molecule has 0 bridgehead atoms. The highest BCUT2D eigenvalue weighted by atomic mass is 32.1. The van der Waals surface area contributed by atoms with Gasteiger partial charge in [-0.15, -0.1) is 11.3 Å². The van der Waals surface area contributed by atoms with Crippen LogP contribution in [0, 0.1) is 5.82 Å². The van der Waals surface area contributed by atoms with Crippen molar-refractivity contribution in [2.45, 2.75) is 19.4 Å². The van der Waals surface area contributed by atoms with Crippen LogP contribution in [0.15, 0.2) is 29.6 Å². The molecule has 9 heteroatoms. The number of halogens is 1. The van der Waals surface area contributed by atoms with Gasteiger partial charge in [0.15, 0.2) is 0 Å². The highest BCUT2D eigenvalue weighted by Gasteiger charge is 2.19. The van der Waals surface area contributed by atoms with Crippen molar-refractivity contribution in [2.24, 2.45) is 0 Å². The third-order valence-electron chi connectivity index (χ3n) is 4.08. The fraction of sp³-hybridized carbons (Fsp3) is 0.450. The summed E-state index contributed by atoms with van der Waals surface area (Å²) >= 11 is 1.32. The summed E-state index contributed by atoms with van der Waals surface area (Å²) < 4.78 is 23.2. The van der Waals surface area contributed by atoms with Gasteiger partial charge in [0.05, 0.1) is 6.54 Å². The molecule has 1 N–H and O–H groups in total. The predicted octanol–water partition coefficient (Wildman–Crippen LogP) is 2.73. The van der Waals surface area contributed by atoms with Crippen LogP contribution in [0.3, 0.4) is 0 Å². The van der Waals surface area contributed by atoms with Gasteiger partial charge in [0.1, 0.15) is 16.5 Å². The summed E-state index contributed by atoms with van der Waals surface area (Å²) in [6.07, 6.45) is 1.38. The molecule has 2 aromatic rings. The number of rotatable bonds is 12. The Hall–Kier alpha value is -2.36. The zero-order valence-corrected chi connectivity index (χ0v) is 17.5. The number of nitrogens with zero attached hydrogens (tertiary/aromatic N) is 2. The molecular weight excluding hydrogens is 397 g/mol. The molecular formula is C20H26FN3O4S. The molecule has 29 heavy (non-hydrogen) atoms. The van der Waals surface area contributed by atoms with Gasteiger partial charge in [-0.25, -0.2) is 9.37 Å². The number of hydrogen-bond acceptors (Lipinski definition) is 6. The standard InChI is InChI=1S/C20H26FN3O4S/c1-27-11-3-9-22-19(25)17-14-29-18(23-17)13-24(10-4-12-28-2)20(26)15-5-7-16(21)8-6-15/h5-8,14H,3-4,9-13H2,1-2H3,(H,22,25). The molecule has 0 spiro atoms. The molecule has 0 fully saturated rings. The number of carbonyl (C=O) groups is 2. The van der Waals surface area contributed by atoms with Crippen molar-refractivity contribution in [3.8, 4) is 0 Å². The van der Waals surface area contributed by atoms with E-state index in [0.29, 0.717) is 49.0 Å². The van der Waals surface area contributed by atoms with Crippen LogP contribution in [-0.4, -0.2) is 62.2 Å². The minimum atomic E-state index is -0.395. The molecule has 1 aromatic heterocycles. The topological polar surface area (TPSA) is 80.8 Å². The van der Waals surface area contributed by atoms with Crippen molar-refractivity contribution in [1.29, 1.82) is 0 Å². The SMILES string of the molecule is COCCCNC(=O)c1csc(CN(CCCOC)C(=O)c2ccc(F)cc2)n1. The van der Waals surface area contributed by atoms with Crippen molar-refractivity contribution in [3.63, 3.8) is 0 Å². The zero-order valence-electron chi connectivity index (χ0n) is 16.7. The summed E-state index contributed by atoms with van der Waals surface area (Å²) in [6, 6.07) is 5.44. The average molecular weight is 424 g/mol. The first-order valence-corrected chi connectivity index (χ1v) is 10.2. The minimum absolute atomic E-state index is 0.220. The summed E-state index contributed by atoms with van der Waals surface area (Å²) in [5.41, 5.74) is 0.727. The van der Waals surface area contributed by atoms with E-state index in [0.717, 1.165) is 6.42 Å². The fourth-order valence-corrected chi connectivity index (χ4v) is 3.38. The first-order valence-electron chi connectivity index (χ1n) is 9.30. The van der Waals surface area contributed by atoms with Crippen molar-refractivity contribution < 1.29 is 23.5 Å². The van der Waals surface area contributed by atoms with E-state index in [9.17, 15) is 14.0 Å². The molecule has 0 radical (unpaired) electrons. The molecule has 2 amide bonds. The summed E-state index contributed by atoms with van der Waals surface area (Å²) in [7, 11) is 3.21. The second-order valence-corrected chi connectivity index (χ2v) is 7.25. The smallest absolute Gasteiger partial charge is 0.270 e. The van der Waals surface area contributed by atoms with E-state index in [4.69, 9.17) is 9.47 Å². The summed E-state index contributed by atoms with van der Waals surface area (Å²) in [6.45, 7) is 2.32. The van der Waals surface area contributed by atoms with Crippen LogP contribution in [0.5, 0.6) is 0 Å². The van der Waals surface area contributed by atoms with E-state index < -0.39 is 5.82 Å². The van der Waals surface area contributed by atoms with Crippen molar-refractivity contribution in [1.82, 2.24) is 15.2 Å². The molecule has 0 atom stereocenters. The van der Waals surface area contributed by atoms with Gasteiger partial charge >= 0.3 is 0 Å². The van der Waals surface area contributed by atoms with Crippen LogP contribution in [0.1, 0.15) is 38.7 Å². The molecule has 1 heterocycles. The monoisotopic (exact) mass is 423 g/mol. The van der Waals surface area contributed by atoms with Gasteiger partial charge in [-0.3, -0.25) is 9.59 Å². The molecule has 0 aliphatic rings. The van der Waals surface area contributed by atoms with Crippen LogP contribution in [0.4, 0.5) is 4.39 Å². The van der Waals surface area contributed by atoms with Gasteiger partial charge < -0.3 is 19.7 Å². The number of thiazole rings is 1. The van der Waals surface area contributed by atoms with E-state index in [-0.39, 0.29) is 18.4 Å². The molecule has 2 rings (SSSR count). The maximum Gasteiger partial charge on any atom is 0.270 e. The lowest BCUT2D eigenvalue weighted by molar-refractivity contribution is 0.0723. The summed E-state index contributed by atoms with van der Waals surface area (Å²) in [5.74, 6) is -0.866. The van der Waals surface area contributed by atoms with Gasteiger partial charge in [-0.2, -0.15) is 0 Å². The number of nitrogens with one attached hydrogen (secondary N) is 1. The lowest BCUT2D eigenvalue weighted by Crippen LogP contribution is -2.32. The highest BCUT2D eigenvalue weighted by molar-refractivity contribution is 7.09. The fourth-order valence-electron chi connectivity index (χ4n) is 2.59. The molecule has 7 nitrogen and oxygen atoms in total. The average Bonchev–Trinajstić information content (AvgIpc) is 3.19. The maximum atomic E-state index is 13.2. The first-order chi connectivity index (χ1) is 14.0. The number of amides is 2. The minimum Gasteiger partial charge on any atom is -0.385 e. The highest BCUT2D eigenvalue weighted by Crippen LogP contribution is 2.16. The Bertz CT molecular complexity index is 782. The molecule has 0 unspecified atom stereocenters. The van der Waals surface area contributed by atoms with E-state index in [1.54, 1.807) is 24.5 Å². The van der Waals surface area contributed by atoms with Gasteiger partial charge in [-0.1, -0.05) is 0 Å². The normalized spacial score (nSPS) is 10.7. The Labute approximate surface area is 173 Å². The molecule has 0 aliphatic carbocycles. The number of benzene rings is 1. The van der Waals surface area contributed by atoms with Crippen molar-refractivity contribution in [3.05, 3.63) is 51.7 Å². The number of methoxy groups -OCH3 is 2. The quantitative estimate of drug-likeness (QED) is 0.531. The molecule has 0 saturated carbocycles. The Morgan fingerprint density at radius 2 is 1.83 bits per heavy atom. The first kappa shape index (κ1) is 22.9. The van der Waals surface area contributed by atoms with Gasteiger partial charge in [0.25, 0.3) is 11.8 Å². The van der Waals surface area contributed by atoms with E-state index in [2.05, 4.69) is 10.3 Å². The van der Waals surface area contributed by atoms with Gasteiger partial charge in [-0.05, 0) is 37.1 Å². The van der Waals surface area contributed by atoms with E-state index in [1.807, 2.05) is 0 Å². The van der Waals surface area contributed by atoms with E-state index in [1.165, 1.54) is 35.6 Å². The predicted molar refractivity (Wildman–Crippen MR) is 109 cm³/mol. The van der Waals surface area contributed by atoms with Gasteiger partial charge in [0.2, 0.25) is 0 Å². The Balaban J connectivity index is 2.02. The van der Waals surface area contributed by atoms with Crippen LogP contribution in [0.25, 0.3) is 0 Å². The maximum absolute atomic E-state index is 13.2. The molecule has 0 saturated heterocycles. The number of ether oxygens (including phenoxy) is 2. The zero-order chi connectivity index (χ0) is 21.1. The third-order valence-corrected chi connectivity index (χ3v) is 4.91. The number of hydrogen-bond donors (Lipinski definition) is 1. The van der Waals surface area contributed by atoms with Crippen molar-refractivity contribution >= 4 is 23.2 Å². The summed E-state index contributed by atoms with van der Waals surface area (Å²) in [4.78, 5) is 31.0. The largest absolute Gasteiger partial charge is 0.385 e. The number of aromatic nitrogens is 1. The Morgan fingerprint density at radius 1 is 1.14 bits per heavy atom. The lowest BCUT2D eigenvalue weighted by Gasteiger charge is -2.21. The molecule has 158 valence electrons.